The Hall–Kier alpha value is -2.32. The highest BCUT2D eigenvalue weighted by atomic mass is 32.2. The largest absolute Gasteiger partial charge is 0.381 e. The highest BCUT2D eigenvalue weighted by Gasteiger charge is 2.25. The fraction of sp³-hybridized carbons (Fsp3) is 0.278. The Morgan fingerprint density at radius 2 is 1.96 bits per heavy atom. The predicted octanol–water partition coefficient (Wildman–Crippen LogP) is 3.03. The van der Waals surface area contributed by atoms with Crippen LogP contribution in [0.1, 0.15) is 16.8 Å². The Morgan fingerprint density at radius 1 is 1.15 bits per heavy atom. The summed E-state index contributed by atoms with van der Waals surface area (Å²) in [7, 11) is -3.55. The van der Waals surface area contributed by atoms with Crippen LogP contribution in [-0.2, 0) is 14.6 Å². The third kappa shape index (κ3) is 4.25. The second kappa shape index (κ2) is 7.51. The Morgan fingerprint density at radius 3 is 2.65 bits per heavy atom. The molecule has 138 valence electrons. The molecule has 1 N–H and O–H groups in total. The van der Waals surface area contributed by atoms with Gasteiger partial charge in [-0.2, -0.15) is 0 Å². The maximum absolute atomic E-state index is 13.2. The Kier molecular flexibility index (Phi) is 5.33. The topological polar surface area (TPSA) is 72.5 Å². The summed E-state index contributed by atoms with van der Waals surface area (Å²) in [4.78, 5) is 12.3. The molecule has 0 saturated carbocycles. The van der Waals surface area contributed by atoms with Crippen molar-refractivity contribution < 1.29 is 26.7 Å². The molecule has 0 aromatic heterocycles. The molecule has 2 aromatic rings. The third-order valence-corrected chi connectivity index (χ3v) is 5.99. The average molecular weight is 381 g/mol. The van der Waals surface area contributed by atoms with Crippen molar-refractivity contribution in [1.82, 2.24) is 0 Å². The monoisotopic (exact) mass is 381 g/mol. The van der Waals surface area contributed by atoms with Crippen LogP contribution < -0.4 is 5.32 Å². The standard InChI is InChI=1S/C18H17F2NO4S/c19-16-5-4-14(9-17(16)20)21-18(22)13-2-1-3-15(8-13)26(23,24)11-12-6-7-25-10-12/h1-5,8-9,12H,6-7,10-11H2,(H,21,22)/t12-/m1/s1. The molecule has 0 radical (unpaired) electrons. The summed E-state index contributed by atoms with van der Waals surface area (Å²) in [6, 6.07) is 8.60. The maximum Gasteiger partial charge on any atom is 0.255 e. The lowest BCUT2D eigenvalue weighted by Gasteiger charge is -2.10. The van der Waals surface area contributed by atoms with Crippen molar-refractivity contribution in [3.05, 3.63) is 59.7 Å². The number of hydrogen-bond donors (Lipinski definition) is 1. The van der Waals surface area contributed by atoms with Crippen LogP contribution in [0.2, 0.25) is 0 Å². The SMILES string of the molecule is O=C(Nc1ccc(F)c(F)c1)c1cccc(S(=O)(=O)C[C@@H]2CCOC2)c1. The summed E-state index contributed by atoms with van der Waals surface area (Å²) in [5, 5.41) is 2.42. The highest BCUT2D eigenvalue weighted by Crippen LogP contribution is 2.21. The van der Waals surface area contributed by atoms with Crippen LogP contribution in [-0.4, -0.2) is 33.3 Å². The second-order valence-corrected chi connectivity index (χ2v) is 8.16. The molecule has 1 aliphatic heterocycles. The molecule has 0 bridgehead atoms. The number of nitrogens with one attached hydrogen (secondary N) is 1. The van der Waals surface area contributed by atoms with Crippen molar-refractivity contribution in [2.75, 3.05) is 24.3 Å². The normalized spacial score (nSPS) is 17.2. The maximum atomic E-state index is 13.2. The van der Waals surface area contributed by atoms with Gasteiger partial charge in [0.15, 0.2) is 21.5 Å². The molecule has 5 nitrogen and oxygen atoms in total. The van der Waals surface area contributed by atoms with Gasteiger partial charge in [0.1, 0.15) is 0 Å². The van der Waals surface area contributed by atoms with Crippen LogP contribution in [0.5, 0.6) is 0 Å². The van der Waals surface area contributed by atoms with E-state index in [2.05, 4.69) is 5.32 Å². The summed E-state index contributed by atoms with van der Waals surface area (Å²) in [6.07, 6.45) is 0.690. The quantitative estimate of drug-likeness (QED) is 0.864. The van der Waals surface area contributed by atoms with Crippen LogP contribution in [0, 0.1) is 17.6 Å². The Bertz CT molecular complexity index is 925. The second-order valence-electron chi connectivity index (χ2n) is 6.12. The number of rotatable bonds is 5. The van der Waals surface area contributed by atoms with Crippen molar-refractivity contribution in [2.45, 2.75) is 11.3 Å². The van der Waals surface area contributed by atoms with Gasteiger partial charge in [-0.3, -0.25) is 4.79 Å². The van der Waals surface area contributed by atoms with Crippen LogP contribution in [0.4, 0.5) is 14.5 Å². The lowest BCUT2D eigenvalue weighted by Crippen LogP contribution is -2.18. The molecular formula is C18H17F2NO4S. The van der Waals surface area contributed by atoms with Crippen LogP contribution >= 0.6 is 0 Å². The molecule has 1 atom stereocenters. The number of carbonyl (C=O) groups is 1. The number of sulfone groups is 1. The minimum Gasteiger partial charge on any atom is -0.381 e. The number of anilines is 1. The van der Waals surface area contributed by atoms with E-state index in [1.807, 2.05) is 0 Å². The van der Waals surface area contributed by atoms with Crippen molar-refractivity contribution >= 4 is 21.4 Å². The summed E-state index contributed by atoms with van der Waals surface area (Å²) < 4.78 is 56.4. The van der Waals surface area contributed by atoms with Gasteiger partial charge in [0.2, 0.25) is 0 Å². The van der Waals surface area contributed by atoms with Crippen molar-refractivity contribution in [2.24, 2.45) is 5.92 Å². The first-order valence-corrected chi connectivity index (χ1v) is 9.67. The van der Waals surface area contributed by atoms with Crippen molar-refractivity contribution in [3.63, 3.8) is 0 Å². The van der Waals surface area contributed by atoms with Crippen molar-refractivity contribution in [1.29, 1.82) is 0 Å². The van der Waals surface area contributed by atoms with Gasteiger partial charge < -0.3 is 10.1 Å². The van der Waals surface area contributed by atoms with Gasteiger partial charge in [-0.15, -0.1) is 0 Å². The molecule has 8 heteroatoms. The first-order valence-electron chi connectivity index (χ1n) is 8.02. The van der Waals surface area contributed by atoms with E-state index in [-0.39, 0.29) is 27.8 Å². The van der Waals surface area contributed by atoms with Crippen LogP contribution in [0.3, 0.4) is 0 Å². The first kappa shape index (κ1) is 18.5. The lowest BCUT2D eigenvalue weighted by atomic mass is 10.2. The molecule has 1 saturated heterocycles. The van der Waals surface area contributed by atoms with E-state index in [0.29, 0.717) is 19.6 Å². The van der Waals surface area contributed by atoms with Gasteiger partial charge in [-0.1, -0.05) is 6.07 Å². The minimum atomic E-state index is -3.55. The molecule has 1 aliphatic rings. The average Bonchev–Trinajstić information content (AvgIpc) is 3.10. The smallest absolute Gasteiger partial charge is 0.255 e. The van der Waals surface area contributed by atoms with E-state index in [4.69, 9.17) is 4.74 Å². The third-order valence-electron chi connectivity index (χ3n) is 4.11. The lowest BCUT2D eigenvalue weighted by molar-refractivity contribution is 0.102. The number of halogens is 2. The van der Waals surface area contributed by atoms with Crippen LogP contribution in [0.15, 0.2) is 47.4 Å². The van der Waals surface area contributed by atoms with Gasteiger partial charge in [0, 0.05) is 23.9 Å². The molecule has 1 fully saturated rings. The minimum absolute atomic E-state index is 0.0404. The Labute approximate surface area is 149 Å². The Balaban J connectivity index is 1.77. The number of ether oxygens (including phenoxy) is 1. The molecule has 0 spiro atoms. The van der Waals surface area contributed by atoms with E-state index < -0.39 is 27.4 Å². The van der Waals surface area contributed by atoms with Gasteiger partial charge in [0.05, 0.1) is 17.3 Å². The van der Waals surface area contributed by atoms with E-state index in [9.17, 15) is 22.0 Å². The number of carbonyl (C=O) groups excluding carboxylic acids is 1. The molecule has 0 aliphatic carbocycles. The van der Waals surface area contributed by atoms with E-state index in [0.717, 1.165) is 12.1 Å². The fourth-order valence-electron chi connectivity index (χ4n) is 2.73. The van der Waals surface area contributed by atoms with E-state index in [1.54, 1.807) is 0 Å². The molecule has 2 aromatic carbocycles. The fourth-order valence-corrected chi connectivity index (χ4v) is 4.40. The highest BCUT2D eigenvalue weighted by molar-refractivity contribution is 7.91. The number of hydrogen-bond acceptors (Lipinski definition) is 4. The zero-order valence-electron chi connectivity index (χ0n) is 13.7. The predicted molar refractivity (Wildman–Crippen MR) is 91.7 cm³/mol. The zero-order chi connectivity index (χ0) is 18.7. The number of amides is 1. The van der Waals surface area contributed by atoms with Crippen LogP contribution in [0.25, 0.3) is 0 Å². The van der Waals surface area contributed by atoms with Crippen molar-refractivity contribution in [3.8, 4) is 0 Å². The van der Waals surface area contributed by atoms with Gasteiger partial charge in [-0.05, 0) is 42.7 Å². The first-order chi connectivity index (χ1) is 12.3. The molecule has 26 heavy (non-hydrogen) atoms. The summed E-state index contributed by atoms with van der Waals surface area (Å²) in [5.74, 6) is -2.82. The summed E-state index contributed by atoms with van der Waals surface area (Å²) >= 11 is 0. The van der Waals surface area contributed by atoms with Gasteiger partial charge in [0.25, 0.3) is 5.91 Å². The molecular weight excluding hydrogens is 364 g/mol. The zero-order valence-corrected chi connectivity index (χ0v) is 14.6. The molecule has 1 amide bonds. The number of benzene rings is 2. The molecule has 1 heterocycles. The van der Waals surface area contributed by atoms with Gasteiger partial charge in [-0.25, -0.2) is 17.2 Å². The van der Waals surface area contributed by atoms with E-state index >= 15 is 0 Å². The van der Waals surface area contributed by atoms with E-state index in [1.165, 1.54) is 30.3 Å². The van der Waals surface area contributed by atoms with Gasteiger partial charge >= 0.3 is 0 Å². The summed E-state index contributed by atoms with van der Waals surface area (Å²) in [5.41, 5.74) is 0.184. The summed E-state index contributed by atoms with van der Waals surface area (Å²) in [6.45, 7) is 0.965. The molecule has 3 rings (SSSR count). The molecule has 0 unspecified atom stereocenters.